The molecule has 1 atom stereocenters. The molecule has 198 valence electrons. The molecular weight excluding hydrogens is 498 g/mol. The number of anilines is 1. The molecule has 0 bridgehead atoms. The van der Waals surface area contributed by atoms with Crippen LogP contribution >= 0.6 is 11.6 Å². The molecular formula is C31H34ClN3O3. The second-order valence-electron chi connectivity index (χ2n) is 10.3. The highest BCUT2D eigenvalue weighted by atomic mass is 35.5. The number of amides is 3. The van der Waals surface area contributed by atoms with Crippen LogP contribution in [0.5, 0.6) is 0 Å². The van der Waals surface area contributed by atoms with Crippen LogP contribution in [0.1, 0.15) is 67.8 Å². The van der Waals surface area contributed by atoms with E-state index in [1.165, 1.54) is 0 Å². The molecule has 1 fully saturated rings. The molecule has 38 heavy (non-hydrogen) atoms. The van der Waals surface area contributed by atoms with E-state index in [2.05, 4.69) is 5.32 Å². The van der Waals surface area contributed by atoms with Crippen LogP contribution in [0.15, 0.2) is 60.7 Å². The van der Waals surface area contributed by atoms with Crippen LogP contribution in [-0.4, -0.2) is 41.2 Å². The average Bonchev–Trinajstić information content (AvgIpc) is 3.53. The van der Waals surface area contributed by atoms with Gasteiger partial charge in [-0.1, -0.05) is 73.8 Å². The zero-order chi connectivity index (χ0) is 26.6. The van der Waals surface area contributed by atoms with Crippen LogP contribution in [0.25, 0.3) is 10.8 Å². The van der Waals surface area contributed by atoms with Gasteiger partial charge in [0, 0.05) is 41.5 Å². The van der Waals surface area contributed by atoms with Crippen LogP contribution in [-0.2, 0) is 16.1 Å². The average molecular weight is 532 g/mol. The lowest BCUT2D eigenvalue weighted by molar-refractivity contribution is -0.141. The van der Waals surface area contributed by atoms with E-state index in [1.54, 1.807) is 15.9 Å². The van der Waals surface area contributed by atoms with Crippen LogP contribution in [0.2, 0.25) is 5.02 Å². The summed E-state index contributed by atoms with van der Waals surface area (Å²) in [7, 11) is 0. The van der Waals surface area contributed by atoms with Crippen molar-refractivity contribution < 1.29 is 14.4 Å². The molecule has 0 spiro atoms. The van der Waals surface area contributed by atoms with Gasteiger partial charge in [-0.3, -0.25) is 14.4 Å². The molecule has 1 aliphatic heterocycles. The molecule has 3 aromatic rings. The third kappa shape index (κ3) is 5.28. The fourth-order valence-electron chi connectivity index (χ4n) is 5.83. The smallest absolute Gasteiger partial charge is 0.258 e. The number of carbonyl (C=O) groups is 3. The van der Waals surface area contributed by atoms with Crippen molar-refractivity contribution in [3.63, 3.8) is 0 Å². The van der Waals surface area contributed by atoms with Gasteiger partial charge in [0.25, 0.3) is 5.91 Å². The highest BCUT2D eigenvalue weighted by Crippen LogP contribution is 2.37. The topological polar surface area (TPSA) is 69.7 Å². The highest BCUT2D eigenvalue weighted by Gasteiger charge is 2.32. The standard InChI is InChI=1S/C31H34ClN3O3/c1-2-26(30(37)33-23-13-4-5-14-23)35(20-22-10-3-6-16-25(22)32)28(36)18-9-19-34-27-17-8-12-21-11-7-15-24(29(21)27)31(34)38/h3,6-8,10-12,15-17,23,26H,2,4-5,9,13-14,18-20H2,1H3,(H,33,37)/t26-/m0/s1. The van der Waals surface area contributed by atoms with Gasteiger partial charge in [-0.05, 0) is 54.8 Å². The maximum Gasteiger partial charge on any atom is 0.258 e. The molecule has 1 heterocycles. The minimum absolute atomic E-state index is 0.0282. The van der Waals surface area contributed by atoms with E-state index >= 15 is 0 Å². The van der Waals surface area contributed by atoms with E-state index in [9.17, 15) is 14.4 Å². The molecule has 7 heteroatoms. The lowest BCUT2D eigenvalue weighted by Crippen LogP contribution is -2.51. The molecule has 2 aliphatic rings. The van der Waals surface area contributed by atoms with Crippen molar-refractivity contribution in [2.75, 3.05) is 11.4 Å². The van der Waals surface area contributed by atoms with E-state index in [0.29, 0.717) is 30.0 Å². The summed E-state index contributed by atoms with van der Waals surface area (Å²) in [6.07, 6.45) is 5.45. The number of halogens is 1. The zero-order valence-electron chi connectivity index (χ0n) is 21.8. The summed E-state index contributed by atoms with van der Waals surface area (Å²) >= 11 is 6.44. The Morgan fingerprint density at radius 3 is 2.53 bits per heavy atom. The molecule has 3 amide bonds. The van der Waals surface area contributed by atoms with Crippen molar-refractivity contribution in [3.8, 4) is 0 Å². The summed E-state index contributed by atoms with van der Waals surface area (Å²) in [4.78, 5) is 43.6. The Morgan fingerprint density at radius 1 is 1.05 bits per heavy atom. The largest absolute Gasteiger partial charge is 0.352 e. The number of hydrogen-bond donors (Lipinski definition) is 1. The van der Waals surface area contributed by atoms with Crippen LogP contribution in [0.3, 0.4) is 0 Å². The first-order valence-electron chi connectivity index (χ1n) is 13.6. The lowest BCUT2D eigenvalue weighted by Gasteiger charge is -2.32. The molecule has 5 rings (SSSR count). The van der Waals surface area contributed by atoms with Gasteiger partial charge in [-0.2, -0.15) is 0 Å². The zero-order valence-corrected chi connectivity index (χ0v) is 22.5. The number of carbonyl (C=O) groups excluding carboxylic acids is 3. The summed E-state index contributed by atoms with van der Waals surface area (Å²) < 4.78 is 0. The first-order valence-corrected chi connectivity index (χ1v) is 14.0. The second-order valence-corrected chi connectivity index (χ2v) is 10.7. The molecule has 0 unspecified atom stereocenters. The summed E-state index contributed by atoms with van der Waals surface area (Å²) in [5, 5.41) is 5.76. The number of rotatable bonds is 10. The van der Waals surface area contributed by atoms with Crippen LogP contribution in [0, 0.1) is 0 Å². The van der Waals surface area contributed by atoms with Gasteiger partial charge in [-0.15, -0.1) is 0 Å². The van der Waals surface area contributed by atoms with Crippen molar-refractivity contribution in [2.45, 2.75) is 70.5 Å². The predicted octanol–water partition coefficient (Wildman–Crippen LogP) is 6.10. The molecule has 1 aliphatic carbocycles. The number of hydrogen-bond acceptors (Lipinski definition) is 3. The van der Waals surface area contributed by atoms with Crippen molar-refractivity contribution in [3.05, 3.63) is 76.8 Å². The van der Waals surface area contributed by atoms with Crippen molar-refractivity contribution in [1.82, 2.24) is 10.2 Å². The van der Waals surface area contributed by atoms with Crippen LogP contribution in [0.4, 0.5) is 5.69 Å². The third-order valence-electron chi connectivity index (χ3n) is 7.81. The third-order valence-corrected chi connectivity index (χ3v) is 8.18. The van der Waals surface area contributed by atoms with Gasteiger partial charge in [0.05, 0.1) is 5.69 Å². The molecule has 0 saturated heterocycles. The van der Waals surface area contributed by atoms with Crippen molar-refractivity contribution in [1.29, 1.82) is 0 Å². The van der Waals surface area contributed by atoms with Gasteiger partial charge < -0.3 is 15.1 Å². The fourth-order valence-corrected chi connectivity index (χ4v) is 6.03. The Kier molecular flexibility index (Phi) is 7.98. The first-order chi connectivity index (χ1) is 18.5. The summed E-state index contributed by atoms with van der Waals surface area (Å²) in [5.41, 5.74) is 2.41. The fraction of sp³-hybridized carbons (Fsp3) is 0.387. The normalized spacial score (nSPS) is 15.7. The highest BCUT2D eigenvalue weighted by molar-refractivity contribution is 6.31. The minimum atomic E-state index is -0.578. The van der Waals surface area contributed by atoms with E-state index in [0.717, 1.165) is 47.7 Å². The molecule has 0 radical (unpaired) electrons. The number of nitrogens with one attached hydrogen (secondary N) is 1. The second kappa shape index (κ2) is 11.6. The Balaban J connectivity index is 1.30. The minimum Gasteiger partial charge on any atom is -0.352 e. The van der Waals surface area contributed by atoms with Gasteiger partial charge >= 0.3 is 0 Å². The molecule has 0 aromatic heterocycles. The Hall–Kier alpha value is -3.38. The maximum absolute atomic E-state index is 13.7. The Morgan fingerprint density at radius 2 is 1.79 bits per heavy atom. The summed E-state index contributed by atoms with van der Waals surface area (Å²) in [6, 6.07) is 18.7. The lowest BCUT2D eigenvalue weighted by atomic mass is 10.1. The van der Waals surface area contributed by atoms with Crippen molar-refractivity contribution in [2.24, 2.45) is 0 Å². The van der Waals surface area contributed by atoms with E-state index in [4.69, 9.17) is 11.6 Å². The molecule has 3 aromatic carbocycles. The molecule has 6 nitrogen and oxygen atoms in total. The van der Waals surface area contributed by atoms with Gasteiger partial charge in [-0.25, -0.2) is 0 Å². The van der Waals surface area contributed by atoms with Crippen LogP contribution < -0.4 is 10.2 Å². The summed E-state index contributed by atoms with van der Waals surface area (Å²) in [6.45, 7) is 2.64. The van der Waals surface area contributed by atoms with E-state index in [1.807, 2.05) is 61.5 Å². The molecule has 1 saturated carbocycles. The van der Waals surface area contributed by atoms with Gasteiger partial charge in [0.1, 0.15) is 6.04 Å². The maximum atomic E-state index is 13.7. The Bertz CT molecular complexity index is 1350. The monoisotopic (exact) mass is 531 g/mol. The summed E-state index contributed by atoms with van der Waals surface area (Å²) in [5.74, 6) is -0.239. The Labute approximate surface area is 228 Å². The molecule has 1 N–H and O–H groups in total. The quantitative estimate of drug-likeness (QED) is 0.343. The van der Waals surface area contributed by atoms with Crippen molar-refractivity contribution >= 4 is 45.8 Å². The van der Waals surface area contributed by atoms with E-state index in [-0.39, 0.29) is 36.7 Å². The number of benzene rings is 3. The number of nitrogens with zero attached hydrogens (tertiary/aromatic N) is 2. The van der Waals surface area contributed by atoms with E-state index < -0.39 is 6.04 Å². The van der Waals surface area contributed by atoms with Gasteiger partial charge in [0.2, 0.25) is 11.8 Å². The van der Waals surface area contributed by atoms with Gasteiger partial charge in [0.15, 0.2) is 0 Å². The predicted molar refractivity (Wildman–Crippen MR) is 151 cm³/mol. The SMILES string of the molecule is CC[C@@H](C(=O)NC1CCCC1)N(Cc1ccccc1Cl)C(=O)CCCN1C(=O)c2cccc3cccc1c23. The first kappa shape index (κ1) is 26.2.